The number of sulfone groups is 1. The third-order valence-corrected chi connectivity index (χ3v) is 6.84. The number of aromatic nitrogens is 2. The fourth-order valence-electron chi connectivity index (χ4n) is 3.46. The molecule has 0 bridgehead atoms. The molecule has 22 heavy (non-hydrogen) atoms. The maximum absolute atomic E-state index is 11.8. The molecule has 0 aromatic carbocycles. The molecule has 0 saturated carbocycles. The minimum Gasteiger partial charge on any atom is -0.311 e. The summed E-state index contributed by atoms with van der Waals surface area (Å²) in [5, 5.41) is 7.94. The Labute approximate surface area is 132 Å². The Morgan fingerprint density at radius 3 is 2.91 bits per heavy atom. The second-order valence-corrected chi connectivity index (χ2v) is 9.40. The summed E-state index contributed by atoms with van der Waals surface area (Å²) in [6.07, 6.45) is 4.56. The van der Waals surface area contributed by atoms with E-state index in [1.807, 2.05) is 24.0 Å². The summed E-state index contributed by atoms with van der Waals surface area (Å²) < 4.78 is 25.4. The average molecular weight is 326 g/mol. The smallest absolute Gasteiger partial charge is 0.152 e. The molecule has 3 heterocycles. The van der Waals surface area contributed by atoms with Gasteiger partial charge in [0.1, 0.15) is 0 Å². The van der Waals surface area contributed by atoms with Crippen molar-refractivity contribution in [3.05, 3.63) is 18.0 Å². The molecule has 3 atom stereocenters. The Morgan fingerprint density at radius 2 is 2.23 bits per heavy atom. The normalized spacial score (nSPS) is 35.8. The van der Waals surface area contributed by atoms with Gasteiger partial charge in [-0.25, -0.2) is 8.42 Å². The summed E-state index contributed by atoms with van der Waals surface area (Å²) in [5.74, 6) is 0.466. The molecule has 2 aliphatic rings. The first-order valence-electron chi connectivity index (χ1n) is 7.99. The van der Waals surface area contributed by atoms with Gasteiger partial charge in [-0.1, -0.05) is 0 Å². The maximum atomic E-state index is 11.8. The highest BCUT2D eigenvalue weighted by Crippen LogP contribution is 2.30. The third kappa shape index (κ3) is 3.21. The first-order chi connectivity index (χ1) is 10.3. The molecule has 3 rings (SSSR count). The number of hydrogen-bond acceptors (Lipinski definition) is 5. The molecule has 1 aromatic rings. The highest BCUT2D eigenvalue weighted by molar-refractivity contribution is 7.91. The van der Waals surface area contributed by atoms with Crippen LogP contribution in [-0.2, 0) is 21.9 Å². The van der Waals surface area contributed by atoms with Crippen molar-refractivity contribution in [1.82, 2.24) is 20.0 Å². The van der Waals surface area contributed by atoms with E-state index in [-0.39, 0.29) is 17.0 Å². The minimum atomic E-state index is -2.92. The molecule has 1 aromatic heterocycles. The van der Waals surface area contributed by atoms with Crippen LogP contribution in [-0.4, -0.2) is 59.8 Å². The van der Waals surface area contributed by atoms with Gasteiger partial charge < -0.3 is 5.32 Å². The molecule has 2 fully saturated rings. The van der Waals surface area contributed by atoms with Gasteiger partial charge in [-0.15, -0.1) is 0 Å². The fraction of sp³-hybridized carbons (Fsp3) is 0.800. The first-order valence-corrected chi connectivity index (χ1v) is 9.81. The quantitative estimate of drug-likeness (QED) is 0.881. The van der Waals surface area contributed by atoms with E-state index in [2.05, 4.69) is 29.2 Å². The van der Waals surface area contributed by atoms with Crippen LogP contribution in [0, 0.1) is 0 Å². The lowest BCUT2D eigenvalue weighted by molar-refractivity contribution is 0.138. The van der Waals surface area contributed by atoms with Gasteiger partial charge in [0.25, 0.3) is 0 Å². The maximum Gasteiger partial charge on any atom is 0.152 e. The predicted octanol–water partition coefficient (Wildman–Crippen LogP) is 0.599. The zero-order chi connectivity index (χ0) is 16.0. The van der Waals surface area contributed by atoms with Crippen LogP contribution < -0.4 is 5.32 Å². The SMILES string of the molecule is CC1CN(Cc2cnn(C3(C)CCS(=O)(=O)C3)c2)C(C)CN1. The molecular formula is C15H26N4O2S. The Hall–Kier alpha value is -0.920. The number of hydrogen-bond donors (Lipinski definition) is 1. The summed E-state index contributed by atoms with van der Waals surface area (Å²) in [5.41, 5.74) is 0.769. The van der Waals surface area contributed by atoms with Crippen molar-refractivity contribution in [2.75, 3.05) is 24.6 Å². The first kappa shape index (κ1) is 16.0. The number of nitrogens with zero attached hydrogens (tertiary/aromatic N) is 3. The van der Waals surface area contributed by atoms with Gasteiger partial charge in [-0.2, -0.15) is 5.10 Å². The highest BCUT2D eigenvalue weighted by Gasteiger charge is 2.40. The third-order valence-electron chi connectivity index (χ3n) is 4.95. The second kappa shape index (κ2) is 5.62. The summed E-state index contributed by atoms with van der Waals surface area (Å²) in [6.45, 7) is 9.32. The molecule has 124 valence electrons. The van der Waals surface area contributed by atoms with Gasteiger partial charge in [0.2, 0.25) is 0 Å². The summed E-state index contributed by atoms with van der Waals surface area (Å²) >= 11 is 0. The lowest BCUT2D eigenvalue weighted by Gasteiger charge is -2.37. The van der Waals surface area contributed by atoms with Crippen LogP contribution in [0.15, 0.2) is 12.4 Å². The molecule has 6 nitrogen and oxygen atoms in total. The Kier molecular flexibility index (Phi) is 4.07. The molecule has 0 amide bonds. The van der Waals surface area contributed by atoms with Crippen LogP contribution in [0.4, 0.5) is 0 Å². The highest BCUT2D eigenvalue weighted by atomic mass is 32.2. The molecule has 2 saturated heterocycles. The average Bonchev–Trinajstić information content (AvgIpc) is 3.00. The van der Waals surface area contributed by atoms with Crippen LogP contribution in [0.25, 0.3) is 0 Å². The second-order valence-electron chi connectivity index (χ2n) is 7.22. The van der Waals surface area contributed by atoms with E-state index in [0.29, 0.717) is 18.5 Å². The van der Waals surface area contributed by atoms with Crippen molar-refractivity contribution in [3.63, 3.8) is 0 Å². The van der Waals surface area contributed by atoms with Crippen LogP contribution in [0.2, 0.25) is 0 Å². The van der Waals surface area contributed by atoms with Gasteiger partial charge in [0.15, 0.2) is 9.84 Å². The summed E-state index contributed by atoms with van der Waals surface area (Å²) in [7, 11) is -2.92. The van der Waals surface area contributed by atoms with Gasteiger partial charge in [-0.05, 0) is 27.2 Å². The van der Waals surface area contributed by atoms with E-state index in [0.717, 1.165) is 25.2 Å². The zero-order valence-electron chi connectivity index (χ0n) is 13.6. The number of piperazine rings is 1. The van der Waals surface area contributed by atoms with E-state index in [1.54, 1.807) is 0 Å². The zero-order valence-corrected chi connectivity index (χ0v) is 14.4. The molecular weight excluding hydrogens is 300 g/mol. The Bertz CT molecular complexity index is 642. The number of nitrogens with one attached hydrogen (secondary N) is 1. The minimum absolute atomic E-state index is 0.197. The largest absolute Gasteiger partial charge is 0.311 e. The lowest BCUT2D eigenvalue weighted by atomic mass is 10.0. The monoisotopic (exact) mass is 326 g/mol. The van der Waals surface area contributed by atoms with Gasteiger partial charge in [0, 0.05) is 43.5 Å². The number of rotatable bonds is 3. The van der Waals surface area contributed by atoms with Crippen molar-refractivity contribution in [1.29, 1.82) is 0 Å². The van der Waals surface area contributed by atoms with E-state index in [9.17, 15) is 8.42 Å². The van der Waals surface area contributed by atoms with Crippen molar-refractivity contribution in [2.45, 2.75) is 51.4 Å². The topological polar surface area (TPSA) is 67.2 Å². The van der Waals surface area contributed by atoms with Crippen molar-refractivity contribution in [3.8, 4) is 0 Å². The molecule has 2 aliphatic heterocycles. The van der Waals surface area contributed by atoms with E-state index in [1.165, 1.54) is 0 Å². The van der Waals surface area contributed by atoms with Crippen molar-refractivity contribution < 1.29 is 8.42 Å². The lowest BCUT2D eigenvalue weighted by Crippen LogP contribution is -2.53. The summed E-state index contributed by atoms with van der Waals surface area (Å²) in [6, 6.07) is 1.01. The van der Waals surface area contributed by atoms with Gasteiger partial charge in [-0.3, -0.25) is 9.58 Å². The van der Waals surface area contributed by atoms with Gasteiger partial charge >= 0.3 is 0 Å². The molecule has 7 heteroatoms. The fourth-order valence-corrected chi connectivity index (χ4v) is 5.58. The molecule has 1 N–H and O–H groups in total. The van der Waals surface area contributed by atoms with Crippen LogP contribution in [0.1, 0.15) is 32.8 Å². The van der Waals surface area contributed by atoms with E-state index >= 15 is 0 Å². The summed E-state index contributed by atoms with van der Waals surface area (Å²) in [4.78, 5) is 2.45. The van der Waals surface area contributed by atoms with Crippen LogP contribution in [0.3, 0.4) is 0 Å². The van der Waals surface area contributed by atoms with Crippen LogP contribution >= 0.6 is 0 Å². The molecule has 3 unspecified atom stereocenters. The Balaban J connectivity index is 1.71. The van der Waals surface area contributed by atoms with E-state index in [4.69, 9.17) is 0 Å². The predicted molar refractivity (Wildman–Crippen MR) is 86.5 cm³/mol. The van der Waals surface area contributed by atoms with Crippen LogP contribution in [0.5, 0.6) is 0 Å². The standard InChI is InChI=1S/C15H26N4O2S/c1-12-8-18(13(2)6-16-12)9-14-7-17-19(10-14)15(3)4-5-22(20,21)11-15/h7,10,12-13,16H,4-6,8-9,11H2,1-3H3. The molecule has 0 spiro atoms. The van der Waals surface area contributed by atoms with E-state index < -0.39 is 9.84 Å². The molecule has 0 radical (unpaired) electrons. The van der Waals surface area contributed by atoms with Gasteiger partial charge in [0.05, 0.1) is 23.2 Å². The van der Waals surface area contributed by atoms with Crippen molar-refractivity contribution >= 4 is 9.84 Å². The molecule has 0 aliphatic carbocycles. The Morgan fingerprint density at radius 1 is 1.45 bits per heavy atom. The van der Waals surface area contributed by atoms with Crippen molar-refractivity contribution in [2.24, 2.45) is 0 Å².